The summed E-state index contributed by atoms with van der Waals surface area (Å²) in [5.41, 5.74) is 2.11. The Bertz CT molecular complexity index is 1090. The molecule has 8 heteroatoms. The Morgan fingerprint density at radius 2 is 1.97 bits per heavy atom. The van der Waals surface area contributed by atoms with Gasteiger partial charge in [-0.25, -0.2) is 23.5 Å². The molecule has 0 bridgehead atoms. The van der Waals surface area contributed by atoms with Crippen molar-refractivity contribution in [3.05, 3.63) is 66.1 Å². The van der Waals surface area contributed by atoms with Gasteiger partial charge in [-0.3, -0.25) is 15.2 Å². The highest BCUT2D eigenvalue weighted by molar-refractivity contribution is 6.03. The lowest BCUT2D eigenvalue weighted by molar-refractivity contribution is 0.255. The lowest BCUT2D eigenvalue weighted by atomic mass is 9.98. The third kappa shape index (κ3) is 3.10. The number of pyridine rings is 3. The number of amides is 2. The molecule has 1 aliphatic heterocycles. The topological polar surface area (TPSA) is 71.0 Å². The predicted octanol–water partition coefficient (Wildman–Crippen LogP) is 4.51. The van der Waals surface area contributed by atoms with Crippen LogP contribution in [0.4, 0.5) is 25.2 Å². The van der Waals surface area contributed by atoms with Gasteiger partial charge in [-0.1, -0.05) is 12.5 Å². The number of carbonyl (C=O) groups excluding carboxylic acids is 1. The van der Waals surface area contributed by atoms with E-state index in [-0.39, 0.29) is 23.8 Å². The number of hydrogen-bond acceptors (Lipinski definition) is 4. The second-order valence-corrected chi connectivity index (χ2v) is 7.27. The number of nitrogens with zero attached hydrogens (tertiary/aromatic N) is 4. The van der Waals surface area contributed by atoms with Gasteiger partial charge in [0.15, 0.2) is 0 Å². The number of fused-ring (bicyclic) bond motifs is 3. The fourth-order valence-electron chi connectivity index (χ4n) is 4.29. The summed E-state index contributed by atoms with van der Waals surface area (Å²) in [6.45, 7) is 0. The molecule has 1 fully saturated rings. The van der Waals surface area contributed by atoms with Gasteiger partial charge in [-0.15, -0.1) is 0 Å². The van der Waals surface area contributed by atoms with Crippen LogP contribution >= 0.6 is 0 Å². The second-order valence-electron chi connectivity index (χ2n) is 7.27. The van der Waals surface area contributed by atoms with Gasteiger partial charge in [0, 0.05) is 29.3 Å². The molecule has 2 atom stereocenters. The third-order valence-corrected chi connectivity index (χ3v) is 5.53. The maximum atomic E-state index is 13.6. The van der Waals surface area contributed by atoms with E-state index in [1.54, 1.807) is 11.1 Å². The van der Waals surface area contributed by atoms with Gasteiger partial charge in [0.05, 0.1) is 18.1 Å². The molecule has 1 saturated carbocycles. The fraction of sp³-hybridized carbons (Fsp3) is 0.238. The minimum absolute atomic E-state index is 0.0128. The van der Waals surface area contributed by atoms with Gasteiger partial charge in [0.1, 0.15) is 23.3 Å². The summed E-state index contributed by atoms with van der Waals surface area (Å²) in [5.74, 6) is 0.147. The molecule has 3 aromatic heterocycles. The zero-order chi connectivity index (χ0) is 20.0. The van der Waals surface area contributed by atoms with Crippen molar-refractivity contribution in [1.82, 2.24) is 15.0 Å². The van der Waals surface area contributed by atoms with Crippen LogP contribution in [0.2, 0.25) is 0 Å². The van der Waals surface area contributed by atoms with E-state index in [1.165, 1.54) is 18.2 Å². The first-order chi connectivity index (χ1) is 14.1. The summed E-state index contributed by atoms with van der Waals surface area (Å²) in [5, 5.41) is 2.73. The minimum Gasteiger partial charge on any atom is -0.292 e. The number of halogens is 2. The minimum atomic E-state index is -0.472. The summed E-state index contributed by atoms with van der Waals surface area (Å²) < 4.78 is 26.7. The highest BCUT2D eigenvalue weighted by atomic mass is 19.1. The summed E-state index contributed by atoms with van der Waals surface area (Å²) in [6, 6.07) is 7.48. The first-order valence-corrected chi connectivity index (χ1v) is 9.44. The van der Waals surface area contributed by atoms with Crippen LogP contribution < -0.4 is 10.2 Å². The summed E-state index contributed by atoms with van der Waals surface area (Å²) in [6.07, 6.45) is 6.63. The van der Waals surface area contributed by atoms with Crippen LogP contribution in [0.3, 0.4) is 0 Å². The largest absolute Gasteiger partial charge is 0.328 e. The van der Waals surface area contributed by atoms with Gasteiger partial charge in [0.25, 0.3) is 0 Å². The molecule has 3 aromatic rings. The average Bonchev–Trinajstić information content (AvgIpc) is 3.29. The lowest BCUT2D eigenvalue weighted by Crippen LogP contribution is -2.40. The number of nitrogens with one attached hydrogen (secondary N) is 1. The molecular weight excluding hydrogens is 376 g/mol. The quantitative estimate of drug-likeness (QED) is 0.696. The Hall–Kier alpha value is -3.42. The van der Waals surface area contributed by atoms with E-state index in [0.717, 1.165) is 37.2 Å². The maximum absolute atomic E-state index is 13.6. The highest BCUT2D eigenvalue weighted by Gasteiger charge is 2.45. The van der Waals surface area contributed by atoms with Crippen LogP contribution in [0.1, 0.15) is 30.7 Å². The third-order valence-electron chi connectivity index (χ3n) is 5.53. The van der Waals surface area contributed by atoms with Gasteiger partial charge in [-0.05, 0) is 37.1 Å². The summed E-state index contributed by atoms with van der Waals surface area (Å²) in [4.78, 5) is 27.2. The van der Waals surface area contributed by atoms with E-state index < -0.39 is 11.6 Å². The number of anilines is 2. The first kappa shape index (κ1) is 17.7. The van der Waals surface area contributed by atoms with Crippen molar-refractivity contribution in [2.75, 3.05) is 10.2 Å². The zero-order valence-electron chi connectivity index (χ0n) is 15.3. The van der Waals surface area contributed by atoms with Crippen molar-refractivity contribution in [2.24, 2.45) is 0 Å². The Kier molecular flexibility index (Phi) is 4.19. The van der Waals surface area contributed by atoms with E-state index >= 15 is 0 Å². The molecule has 6 nitrogen and oxygen atoms in total. The molecule has 5 rings (SSSR count). The van der Waals surface area contributed by atoms with Gasteiger partial charge < -0.3 is 0 Å². The number of aromatic nitrogens is 3. The molecule has 2 aliphatic rings. The maximum Gasteiger partial charge on any atom is 0.328 e. The Morgan fingerprint density at radius 1 is 1.07 bits per heavy atom. The molecule has 146 valence electrons. The zero-order valence-corrected chi connectivity index (χ0v) is 15.3. The van der Waals surface area contributed by atoms with Crippen molar-refractivity contribution < 1.29 is 13.6 Å². The average molecular weight is 393 g/mol. The van der Waals surface area contributed by atoms with E-state index in [4.69, 9.17) is 0 Å². The van der Waals surface area contributed by atoms with Crippen molar-refractivity contribution in [2.45, 2.75) is 31.2 Å². The van der Waals surface area contributed by atoms with Crippen molar-refractivity contribution in [3.63, 3.8) is 0 Å². The van der Waals surface area contributed by atoms with Crippen molar-refractivity contribution >= 4 is 17.7 Å². The number of rotatable bonds is 2. The van der Waals surface area contributed by atoms with E-state index in [2.05, 4.69) is 20.3 Å². The summed E-state index contributed by atoms with van der Waals surface area (Å²) in [7, 11) is 0. The van der Waals surface area contributed by atoms with Crippen molar-refractivity contribution in [3.8, 4) is 11.3 Å². The fourth-order valence-corrected chi connectivity index (χ4v) is 4.29. The Balaban J connectivity index is 1.52. The molecule has 0 radical (unpaired) electrons. The molecule has 0 aromatic carbocycles. The normalized spacial score (nSPS) is 19.7. The first-order valence-electron chi connectivity index (χ1n) is 9.44. The van der Waals surface area contributed by atoms with Gasteiger partial charge >= 0.3 is 6.03 Å². The molecule has 2 unspecified atom stereocenters. The molecule has 1 aliphatic carbocycles. The molecule has 4 heterocycles. The van der Waals surface area contributed by atoms with Gasteiger partial charge in [0.2, 0.25) is 0 Å². The van der Waals surface area contributed by atoms with E-state index in [9.17, 15) is 13.6 Å². The molecule has 1 N–H and O–H groups in total. The second kappa shape index (κ2) is 6.88. The van der Waals surface area contributed by atoms with Crippen LogP contribution in [0.5, 0.6) is 0 Å². The van der Waals surface area contributed by atoms with Crippen LogP contribution in [-0.4, -0.2) is 27.0 Å². The lowest BCUT2D eigenvalue weighted by Gasteiger charge is -2.24. The van der Waals surface area contributed by atoms with Crippen LogP contribution in [0, 0.1) is 11.6 Å². The molecule has 2 amide bonds. The molecule has 0 spiro atoms. The number of urea groups is 1. The standard InChI is InChI=1S/C21H17F2N5O/c22-13-4-7-19(25-11-13)27-21(29)28-18-3-1-2-15(18)16-5-6-17(26-20(16)28)12-8-14(23)10-24-9-12/h4-11,15,18H,1-3H2,(H,25,27,29). The molecule has 0 saturated heterocycles. The van der Waals surface area contributed by atoms with Crippen LogP contribution in [-0.2, 0) is 0 Å². The molecule has 29 heavy (non-hydrogen) atoms. The number of hydrogen-bond donors (Lipinski definition) is 1. The number of carbonyl (C=O) groups is 1. The SMILES string of the molecule is O=C(Nc1ccc(F)cn1)N1c2nc(-c3cncc(F)c3)ccc2C2CCCC21. The molecular formula is C21H17F2N5O. The van der Waals surface area contributed by atoms with E-state index in [0.29, 0.717) is 17.1 Å². The monoisotopic (exact) mass is 393 g/mol. The van der Waals surface area contributed by atoms with Crippen molar-refractivity contribution in [1.29, 1.82) is 0 Å². The van der Waals surface area contributed by atoms with Crippen LogP contribution in [0.25, 0.3) is 11.3 Å². The van der Waals surface area contributed by atoms with Gasteiger partial charge in [-0.2, -0.15) is 0 Å². The smallest absolute Gasteiger partial charge is 0.292 e. The summed E-state index contributed by atoms with van der Waals surface area (Å²) >= 11 is 0. The Labute approximate surface area is 165 Å². The highest BCUT2D eigenvalue weighted by Crippen LogP contribution is 2.49. The van der Waals surface area contributed by atoms with E-state index in [1.807, 2.05) is 12.1 Å². The Morgan fingerprint density at radius 3 is 2.76 bits per heavy atom. The predicted molar refractivity (Wildman–Crippen MR) is 103 cm³/mol. The van der Waals surface area contributed by atoms with Crippen LogP contribution in [0.15, 0.2) is 48.9 Å².